The summed E-state index contributed by atoms with van der Waals surface area (Å²) < 4.78 is 4.78. The molecule has 2 saturated heterocycles. The van der Waals surface area contributed by atoms with Crippen molar-refractivity contribution < 1.29 is 24.2 Å². The van der Waals surface area contributed by atoms with Crippen molar-refractivity contribution in [2.24, 2.45) is 11.8 Å². The Morgan fingerprint density at radius 3 is 2.49 bits per heavy atom. The topological polar surface area (TPSA) is 90.4 Å². The van der Waals surface area contributed by atoms with E-state index in [1.54, 1.807) is 21.6 Å². The lowest BCUT2D eigenvalue weighted by Gasteiger charge is -2.35. The van der Waals surface area contributed by atoms with Crippen molar-refractivity contribution in [3.05, 3.63) is 48.6 Å². The van der Waals surface area contributed by atoms with Gasteiger partial charge in [-0.3, -0.25) is 14.4 Å². The molecule has 1 aromatic rings. The summed E-state index contributed by atoms with van der Waals surface area (Å²) >= 11 is 1.61. The van der Waals surface area contributed by atoms with Crippen LogP contribution in [0, 0.1) is 11.8 Å². The maximum Gasteiger partial charge on any atom is 0.247 e. The third-order valence-electron chi connectivity index (χ3n) is 8.29. The Morgan fingerprint density at radius 1 is 0.974 bits per heavy atom. The van der Waals surface area contributed by atoms with Crippen LogP contribution in [-0.4, -0.2) is 88.1 Å². The summed E-state index contributed by atoms with van der Waals surface area (Å²) in [5.74, 6) is -0.688. The number of fused-ring (bicyclic) bond motifs is 2. The van der Waals surface area contributed by atoms with E-state index in [4.69, 9.17) is 4.74 Å². The van der Waals surface area contributed by atoms with E-state index < -0.39 is 22.6 Å². The fraction of sp³-hybridized carbons (Fsp3) is 0.567. The largest absolute Gasteiger partial charge is 0.494 e. The van der Waals surface area contributed by atoms with Crippen LogP contribution in [0.2, 0.25) is 0 Å². The zero-order chi connectivity index (χ0) is 27.6. The molecule has 0 bridgehead atoms. The molecule has 4 aliphatic heterocycles. The Bertz CT molecular complexity index is 1140. The minimum Gasteiger partial charge on any atom is -0.494 e. The van der Waals surface area contributed by atoms with Crippen molar-refractivity contribution in [2.75, 3.05) is 44.3 Å². The van der Waals surface area contributed by atoms with Crippen molar-refractivity contribution in [1.29, 1.82) is 0 Å². The van der Waals surface area contributed by atoms with Crippen LogP contribution in [0.1, 0.15) is 39.5 Å². The molecule has 0 saturated carbocycles. The first-order chi connectivity index (χ1) is 19.0. The molecular weight excluding hydrogens is 514 g/mol. The van der Waals surface area contributed by atoms with Gasteiger partial charge in [0.1, 0.15) is 11.8 Å². The number of unbranched alkanes of at least 4 members (excludes halogenated alkanes) is 2. The molecule has 8 nitrogen and oxygen atoms in total. The van der Waals surface area contributed by atoms with E-state index in [9.17, 15) is 19.5 Å². The van der Waals surface area contributed by atoms with Gasteiger partial charge in [-0.05, 0) is 50.5 Å². The number of aliphatic hydroxyl groups is 1. The number of rotatable bonds is 10. The second kappa shape index (κ2) is 11.8. The molecular formula is C30H39N3O5S. The van der Waals surface area contributed by atoms with Crippen molar-refractivity contribution in [3.63, 3.8) is 0 Å². The van der Waals surface area contributed by atoms with E-state index in [0.717, 1.165) is 24.3 Å². The number of nitrogens with zero attached hydrogens (tertiary/aromatic N) is 3. The molecule has 210 valence electrons. The minimum atomic E-state index is -0.800. The molecule has 0 radical (unpaired) electrons. The van der Waals surface area contributed by atoms with Crippen LogP contribution >= 0.6 is 11.8 Å². The Labute approximate surface area is 235 Å². The molecule has 1 unspecified atom stereocenters. The molecule has 1 N–H and O–H groups in total. The van der Waals surface area contributed by atoms with Gasteiger partial charge < -0.3 is 24.5 Å². The van der Waals surface area contributed by atoms with Gasteiger partial charge in [-0.15, -0.1) is 11.8 Å². The summed E-state index contributed by atoms with van der Waals surface area (Å²) in [4.78, 5) is 47.9. The SMILES string of the molecule is CCCCN1CC=C[C@]23S[C@@H]4C=CCN(c5ccc(OCC)cc5)C(=O)[C@@H]4[C@H]2C(=O)N(CCCCO)C3C1=O. The summed E-state index contributed by atoms with van der Waals surface area (Å²) in [5.41, 5.74) is 0.764. The molecule has 1 aromatic carbocycles. The maximum atomic E-state index is 14.3. The number of anilines is 1. The summed E-state index contributed by atoms with van der Waals surface area (Å²) in [5, 5.41) is 9.19. The smallest absolute Gasteiger partial charge is 0.247 e. The summed E-state index contributed by atoms with van der Waals surface area (Å²) in [6.07, 6.45) is 11.2. The number of amides is 3. The van der Waals surface area contributed by atoms with E-state index in [-0.39, 0.29) is 29.6 Å². The number of carbonyl (C=O) groups is 3. The monoisotopic (exact) mass is 553 g/mol. The molecule has 2 fully saturated rings. The zero-order valence-corrected chi connectivity index (χ0v) is 23.6. The molecule has 4 aliphatic rings. The van der Waals surface area contributed by atoms with Crippen LogP contribution in [0.5, 0.6) is 5.75 Å². The highest BCUT2D eigenvalue weighted by atomic mass is 32.2. The van der Waals surface area contributed by atoms with Gasteiger partial charge in [0.05, 0.1) is 23.2 Å². The van der Waals surface area contributed by atoms with Crippen LogP contribution in [0.15, 0.2) is 48.6 Å². The number of carbonyl (C=O) groups excluding carboxylic acids is 3. The van der Waals surface area contributed by atoms with Gasteiger partial charge in [0.25, 0.3) is 0 Å². The van der Waals surface area contributed by atoms with E-state index in [0.29, 0.717) is 45.6 Å². The molecule has 5 rings (SSSR count). The number of benzene rings is 1. The second-order valence-electron chi connectivity index (χ2n) is 10.6. The molecule has 9 heteroatoms. The van der Waals surface area contributed by atoms with Crippen molar-refractivity contribution in [1.82, 2.24) is 9.80 Å². The number of aliphatic hydroxyl groups excluding tert-OH is 1. The van der Waals surface area contributed by atoms with Crippen LogP contribution in [0.4, 0.5) is 5.69 Å². The lowest BCUT2D eigenvalue weighted by Crippen LogP contribution is -2.53. The molecule has 0 aromatic heterocycles. The Morgan fingerprint density at radius 2 is 1.77 bits per heavy atom. The number of thioether (sulfide) groups is 1. The van der Waals surface area contributed by atoms with Gasteiger partial charge >= 0.3 is 0 Å². The quantitative estimate of drug-likeness (QED) is 0.353. The first kappa shape index (κ1) is 27.8. The number of hydrogen-bond donors (Lipinski definition) is 1. The standard InChI is InChI=1S/C30H39N3O5S/c1-3-5-16-31-17-9-15-30-25(28(36)33(18-6-7-20-34)26(30)29(31)37)24-23(39-30)10-8-19-32(27(24)35)21-11-13-22(14-12-21)38-4-2/h8-15,23-26,34H,3-7,16-20H2,1-2H3/t23-,24+,25+,26?,30+/m1/s1. The van der Waals surface area contributed by atoms with E-state index >= 15 is 0 Å². The van der Waals surface area contributed by atoms with E-state index in [2.05, 4.69) is 19.1 Å². The Hall–Kier alpha value is -2.78. The van der Waals surface area contributed by atoms with E-state index in [1.165, 1.54) is 0 Å². The van der Waals surface area contributed by atoms with E-state index in [1.807, 2.05) is 48.2 Å². The third-order valence-corrected chi connectivity index (χ3v) is 10.0. The van der Waals surface area contributed by atoms with Gasteiger partial charge in [0, 0.05) is 43.7 Å². The molecule has 4 heterocycles. The number of likely N-dealkylation sites (tertiary alicyclic amines) is 1. The van der Waals surface area contributed by atoms with Crippen molar-refractivity contribution >= 4 is 35.2 Å². The number of ether oxygens (including phenoxy) is 1. The molecule has 1 spiro atoms. The predicted octanol–water partition coefficient (Wildman–Crippen LogP) is 3.26. The number of hydrogen-bond acceptors (Lipinski definition) is 6. The highest BCUT2D eigenvalue weighted by Crippen LogP contribution is 2.61. The first-order valence-electron chi connectivity index (χ1n) is 14.2. The lowest BCUT2D eigenvalue weighted by molar-refractivity contribution is -0.142. The first-order valence-corrected chi connectivity index (χ1v) is 15.1. The van der Waals surface area contributed by atoms with Crippen LogP contribution < -0.4 is 9.64 Å². The highest BCUT2D eigenvalue weighted by Gasteiger charge is 2.70. The van der Waals surface area contributed by atoms with Crippen molar-refractivity contribution in [3.8, 4) is 5.75 Å². The van der Waals surface area contributed by atoms with Crippen LogP contribution in [0.3, 0.4) is 0 Å². The Kier molecular flexibility index (Phi) is 8.38. The average Bonchev–Trinajstić information content (AvgIpc) is 3.24. The molecule has 3 amide bonds. The maximum absolute atomic E-state index is 14.3. The zero-order valence-electron chi connectivity index (χ0n) is 22.8. The second-order valence-corrected chi connectivity index (χ2v) is 12.1. The van der Waals surface area contributed by atoms with Crippen molar-refractivity contribution in [2.45, 2.75) is 55.6 Å². The fourth-order valence-corrected chi connectivity index (χ4v) is 8.50. The Balaban J connectivity index is 1.51. The molecule has 39 heavy (non-hydrogen) atoms. The van der Waals surface area contributed by atoms with Gasteiger partial charge in [0.15, 0.2) is 0 Å². The minimum absolute atomic E-state index is 0.0305. The highest BCUT2D eigenvalue weighted by molar-refractivity contribution is 8.02. The summed E-state index contributed by atoms with van der Waals surface area (Å²) in [7, 11) is 0. The predicted molar refractivity (Wildman–Crippen MR) is 153 cm³/mol. The average molecular weight is 554 g/mol. The van der Waals surface area contributed by atoms with Gasteiger partial charge in [-0.1, -0.05) is 37.6 Å². The fourth-order valence-electron chi connectivity index (χ4n) is 6.49. The van der Waals surface area contributed by atoms with Crippen LogP contribution in [-0.2, 0) is 14.4 Å². The third kappa shape index (κ3) is 4.88. The lowest BCUT2D eigenvalue weighted by atomic mass is 9.78. The summed E-state index contributed by atoms with van der Waals surface area (Å²) in [6, 6.07) is 6.84. The molecule has 5 atom stereocenters. The molecule has 0 aliphatic carbocycles. The van der Waals surface area contributed by atoms with Gasteiger partial charge in [0.2, 0.25) is 17.7 Å². The van der Waals surface area contributed by atoms with Gasteiger partial charge in [-0.2, -0.15) is 0 Å². The van der Waals surface area contributed by atoms with Crippen LogP contribution in [0.25, 0.3) is 0 Å². The van der Waals surface area contributed by atoms with Gasteiger partial charge in [-0.25, -0.2) is 0 Å². The summed E-state index contributed by atoms with van der Waals surface area (Å²) in [6.45, 7) is 6.63. The normalized spacial score (nSPS) is 29.8.